The van der Waals surface area contributed by atoms with E-state index in [0.29, 0.717) is 13.2 Å². The van der Waals surface area contributed by atoms with Gasteiger partial charge in [0.1, 0.15) is 5.82 Å². The monoisotopic (exact) mass is 396 g/mol. The fourth-order valence-electron chi connectivity index (χ4n) is 4.28. The van der Waals surface area contributed by atoms with Crippen molar-refractivity contribution >= 4 is 11.8 Å². The average Bonchev–Trinajstić information content (AvgIpc) is 3.46. The van der Waals surface area contributed by atoms with Gasteiger partial charge in [0.05, 0.1) is 25.0 Å². The zero-order chi connectivity index (χ0) is 19.5. The fraction of sp³-hybridized carbons (Fsp3) is 0.545. The maximum absolute atomic E-state index is 5.86. The number of nitrogens with zero attached hydrogens (tertiary/aromatic N) is 3. The summed E-state index contributed by atoms with van der Waals surface area (Å²) in [5, 5.41) is 3.47. The molecule has 1 N–H and O–H groups in total. The summed E-state index contributed by atoms with van der Waals surface area (Å²) in [4.78, 5) is 11.9. The molecule has 0 amide bonds. The Morgan fingerprint density at radius 2 is 1.83 bits per heavy atom. The number of anilines is 2. The maximum atomic E-state index is 5.86. The molecular formula is C22H28N4O3. The van der Waals surface area contributed by atoms with E-state index >= 15 is 0 Å². The van der Waals surface area contributed by atoms with Crippen molar-refractivity contribution in [1.29, 1.82) is 0 Å². The lowest BCUT2D eigenvalue weighted by atomic mass is 10.0. The van der Waals surface area contributed by atoms with Gasteiger partial charge in [-0.1, -0.05) is 30.3 Å². The number of piperidine rings is 1. The lowest BCUT2D eigenvalue weighted by molar-refractivity contribution is -0.169. The lowest BCUT2D eigenvalue weighted by Gasteiger charge is -2.37. The molecule has 154 valence electrons. The molecule has 4 heterocycles. The Hall–Kier alpha value is -2.22. The van der Waals surface area contributed by atoms with E-state index in [-0.39, 0.29) is 6.10 Å². The van der Waals surface area contributed by atoms with Crippen LogP contribution in [0.5, 0.6) is 0 Å². The Balaban J connectivity index is 1.37. The number of hydrogen-bond donors (Lipinski definition) is 1. The van der Waals surface area contributed by atoms with E-state index < -0.39 is 5.79 Å². The molecule has 7 heteroatoms. The molecule has 1 spiro atoms. The summed E-state index contributed by atoms with van der Waals surface area (Å²) < 4.78 is 17.5. The Bertz CT molecular complexity index is 810. The van der Waals surface area contributed by atoms with Crippen LogP contribution in [0.3, 0.4) is 0 Å². The molecule has 7 nitrogen and oxygen atoms in total. The molecule has 0 radical (unpaired) electrons. The van der Waals surface area contributed by atoms with Gasteiger partial charge in [0.15, 0.2) is 5.79 Å². The van der Waals surface area contributed by atoms with Crippen molar-refractivity contribution in [3.05, 3.63) is 36.4 Å². The van der Waals surface area contributed by atoms with Gasteiger partial charge in [-0.05, 0) is 12.8 Å². The number of nitrogens with one attached hydrogen (secondary N) is 1. The first-order valence-electron chi connectivity index (χ1n) is 10.6. The average molecular weight is 396 g/mol. The minimum Gasteiger partial charge on any atom is -0.376 e. The van der Waals surface area contributed by atoms with Gasteiger partial charge in [-0.25, -0.2) is 4.98 Å². The predicted molar refractivity (Wildman–Crippen MR) is 111 cm³/mol. The van der Waals surface area contributed by atoms with Crippen LogP contribution in [0, 0.1) is 0 Å². The van der Waals surface area contributed by atoms with Crippen LogP contribution in [0.4, 0.5) is 11.8 Å². The van der Waals surface area contributed by atoms with Crippen molar-refractivity contribution in [2.45, 2.75) is 37.6 Å². The molecule has 1 aromatic carbocycles. The van der Waals surface area contributed by atoms with Gasteiger partial charge in [0, 0.05) is 50.7 Å². The molecule has 3 aliphatic rings. The first-order valence-corrected chi connectivity index (χ1v) is 10.6. The molecular weight excluding hydrogens is 368 g/mol. The Labute approximate surface area is 171 Å². The van der Waals surface area contributed by atoms with Crippen molar-refractivity contribution in [2.24, 2.45) is 0 Å². The van der Waals surface area contributed by atoms with Crippen LogP contribution < -0.4 is 10.2 Å². The summed E-state index contributed by atoms with van der Waals surface area (Å²) in [6, 6.07) is 12.3. The second kappa shape index (κ2) is 8.26. The van der Waals surface area contributed by atoms with Gasteiger partial charge in [-0.3, -0.25) is 0 Å². The summed E-state index contributed by atoms with van der Waals surface area (Å²) in [5.41, 5.74) is 2.02. The number of rotatable bonds is 5. The highest BCUT2D eigenvalue weighted by Crippen LogP contribution is 2.33. The molecule has 5 rings (SSSR count). The first-order chi connectivity index (χ1) is 14.3. The number of aromatic nitrogens is 2. The van der Waals surface area contributed by atoms with E-state index in [0.717, 1.165) is 74.9 Å². The standard InChI is InChI=1S/C22H28N4O3/c1-2-5-17(6-3-1)19-15-20(23-16-18-7-4-12-27-18)25-21(24-19)26-10-8-22(9-11-26)28-13-14-29-22/h1-3,5-6,15,18H,4,7-14,16H2,(H,23,24,25). The third-order valence-corrected chi connectivity index (χ3v) is 5.94. The third-order valence-electron chi connectivity index (χ3n) is 5.94. The first kappa shape index (κ1) is 18.8. The molecule has 0 saturated carbocycles. The van der Waals surface area contributed by atoms with Gasteiger partial charge in [-0.2, -0.15) is 4.98 Å². The summed E-state index contributed by atoms with van der Waals surface area (Å²) in [6.07, 6.45) is 4.18. The molecule has 3 saturated heterocycles. The minimum atomic E-state index is -0.394. The molecule has 2 aromatic rings. The van der Waals surface area contributed by atoms with Gasteiger partial charge < -0.3 is 24.4 Å². The van der Waals surface area contributed by atoms with Crippen LogP contribution in [0.2, 0.25) is 0 Å². The third kappa shape index (κ3) is 4.22. The highest BCUT2D eigenvalue weighted by atomic mass is 16.7. The summed E-state index contributed by atoms with van der Waals surface area (Å²) in [5.74, 6) is 1.21. The van der Waals surface area contributed by atoms with Crippen LogP contribution in [0.25, 0.3) is 11.3 Å². The molecule has 3 aliphatic heterocycles. The minimum absolute atomic E-state index is 0.264. The van der Waals surface area contributed by atoms with Crippen molar-refractivity contribution in [3.63, 3.8) is 0 Å². The summed E-state index contributed by atoms with van der Waals surface area (Å²) in [6.45, 7) is 4.66. The highest BCUT2D eigenvalue weighted by molar-refractivity contribution is 5.64. The summed E-state index contributed by atoms with van der Waals surface area (Å²) in [7, 11) is 0. The fourth-order valence-corrected chi connectivity index (χ4v) is 4.28. The zero-order valence-electron chi connectivity index (χ0n) is 16.7. The van der Waals surface area contributed by atoms with Gasteiger partial charge in [0.2, 0.25) is 5.95 Å². The highest BCUT2D eigenvalue weighted by Gasteiger charge is 2.40. The van der Waals surface area contributed by atoms with E-state index in [2.05, 4.69) is 22.3 Å². The molecule has 1 aromatic heterocycles. The van der Waals surface area contributed by atoms with E-state index in [1.165, 1.54) is 0 Å². The van der Waals surface area contributed by atoms with E-state index in [1.54, 1.807) is 0 Å². The van der Waals surface area contributed by atoms with Crippen molar-refractivity contribution < 1.29 is 14.2 Å². The largest absolute Gasteiger partial charge is 0.376 e. The smallest absolute Gasteiger partial charge is 0.227 e. The van der Waals surface area contributed by atoms with Crippen LogP contribution in [-0.2, 0) is 14.2 Å². The lowest BCUT2D eigenvalue weighted by Crippen LogP contribution is -2.45. The molecule has 0 aliphatic carbocycles. The van der Waals surface area contributed by atoms with Crippen LogP contribution in [-0.4, -0.2) is 61.3 Å². The van der Waals surface area contributed by atoms with Crippen LogP contribution in [0.1, 0.15) is 25.7 Å². The zero-order valence-corrected chi connectivity index (χ0v) is 16.7. The van der Waals surface area contributed by atoms with E-state index in [9.17, 15) is 0 Å². The topological polar surface area (TPSA) is 68.7 Å². The molecule has 1 atom stereocenters. The Kier molecular flexibility index (Phi) is 5.35. The summed E-state index contributed by atoms with van der Waals surface area (Å²) >= 11 is 0. The second-order valence-corrected chi connectivity index (χ2v) is 7.92. The van der Waals surface area contributed by atoms with Gasteiger partial charge >= 0.3 is 0 Å². The second-order valence-electron chi connectivity index (χ2n) is 7.92. The Morgan fingerprint density at radius 1 is 1.03 bits per heavy atom. The maximum Gasteiger partial charge on any atom is 0.227 e. The number of hydrogen-bond acceptors (Lipinski definition) is 7. The normalized spacial score (nSPS) is 23.6. The molecule has 3 fully saturated rings. The van der Waals surface area contributed by atoms with E-state index in [4.69, 9.17) is 24.2 Å². The van der Waals surface area contributed by atoms with Gasteiger partial charge in [-0.15, -0.1) is 0 Å². The molecule has 0 bridgehead atoms. The Morgan fingerprint density at radius 3 is 2.55 bits per heavy atom. The molecule has 29 heavy (non-hydrogen) atoms. The van der Waals surface area contributed by atoms with E-state index in [1.807, 2.05) is 24.3 Å². The molecule has 1 unspecified atom stereocenters. The van der Waals surface area contributed by atoms with Gasteiger partial charge in [0.25, 0.3) is 0 Å². The van der Waals surface area contributed by atoms with Crippen molar-refractivity contribution in [1.82, 2.24) is 9.97 Å². The quantitative estimate of drug-likeness (QED) is 0.833. The van der Waals surface area contributed by atoms with Crippen LogP contribution >= 0.6 is 0 Å². The predicted octanol–water partition coefficient (Wildman–Crippen LogP) is 3.08. The van der Waals surface area contributed by atoms with Crippen molar-refractivity contribution in [2.75, 3.05) is 49.7 Å². The SMILES string of the molecule is c1ccc(-c2cc(NCC3CCCO3)nc(N3CCC4(CC3)OCCO4)n2)cc1. The number of benzene rings is 1. The van der Waals surface area contributed by atoms with Crippen LogP contribution in [0.15, 0.2) is 36.4 Å². The number of ether oxygens (including phenoxy) is 3. The van der Waals surface area contributed by atoms with Crippen molar-refractivity contribution in [3.8, 4) is 11.3 Å².